The number of hydrogen-bond acceptors (Lipinski definition) is 5. The molecule has 2 saturated heterocycles. The van der Waals surface area contributed by atoms with Gasteiger partial charge in [-0.15, -0.1) is 11.3 Å². The molecule has 1 aromatic heterocycles. The summed E-state index contributed by atoms with van der Waals surface area (Å²) in [5.74, 6) is 0.912. The van der Waals surface area contributed by atoms with Crippen molar-refractivity contribution in [3.63, 3.8) is 0 Å². The van der Waals surface area contributed by atoms with Gasteiger partial charge in [0.1, 0.15) is 0 Å². The van der Waals surface area contributed by atoms with Gasteiger partial charge in [0, 0.05) is 48.7 Å². The van der Waals surface area contributed by atoms with Crippen molar-refractivity contribution in [1.82, 2.24) is 14.8 Å². The molecular formula is C21H27ClN4OS. The molecule has 2 aliphatic heterocycles. The van der Waals surface area contributed by atoms with Crippen molar-refractivity contribution in [1.29, 1.82) is 0 Å². The topological polar surface area (TPSA) is 39.7 Å². The van der Waals surface area contributed by atoms with Gasteiger partial charge in [0.05, 0.1) is 5.69 Å². The predicted molar refractivity (Wildman–Crippen MR) is 115 cm³/mol. The van der Waals surface area contributed by atoms with Gasteiger partial charge in [-0.1, -0.05) is 24.6 Å². The van der Waals surface area contributed by atoms with Crippen LogP contribution in [0.3, 0.4) is 0 Å². The van der Waals surface area contributed by atoms with Crippen LogP contribution in [-0.2, 0) is 6.54 Å². The van der Waals surface area contributed by atoms with Crippen LogP contribution in [0.5, 0.6) is 0 Å². The Labute approximate surface area is 175 Å². The number of amides is 1. The van der Waals surface area contributed by atoms with Gasteiger partial charge in [0.2, 0.25) is 0 Å². The van der Waals surface area contributed by atoms with Crippen molar-refractivity contribution in [3.8, 4) is 0 Å². The molecule has 4 rings (SSSR count). The summed E-state index contributed by atoms with van der Waals surface area (Å²) >= 11 is 7.74. The number of aromatic nitrogens is 1. The zero-order valence-electron chi connectivity index (χ0n) is 16.3. The standard InChI is InChI=1S/C21H27ClN4OS/c1-16-5-7-24(8-6-16)14-19-15-28-21(23-19)26-11-9-25(10-12-26)20(27)17-3-2-4-18(22)13-17/h2-4,13,15-16H,5-12,14H2,1H3. The van der Waals surface area contributed by atoms with Crippen molar-refractivity contribution in [3.05, 3.63) is 45.9 Å². The minimum atomic E-state index is 0.0568. The number of piperazine rings is 1. The van der Waals surface area contributed by atoms with E-state index in [-0.39, 0.29) is 5.91 Å². The number of carbonyl (C=O) groups excluding carboxylic acids is 1. The Bertz CT molecular complexity index is 810. The van der Waals surface area contributed by atoms with Crippen LogP contribution in [0.4, 0.5) is 5.13 Å². The van der Waals surface area contributed by atoms with Gasteiger partial charge in [-0.3, -0.25) is 9.69 Å². The van der Waals surface area contributed by atoms with Crippen LogP contribution in [0.25, 0.3) is 0 Å². The van der Waals surface area contributed by atoms with Gasteiger partial charge < -0.3 is 9.80 Å². The second kappa shape index (κ2) is 8.80. The van der Waals surface area contributed by atoms with E-state index in [9.17, 15) is 4.79 Å². The first kappa shape index (κ1) is 19.7. The molecule has 0 radical (unpaired) electrons. The largest absolute Gasteiger partial charge is 0.345 e. The van der Waals surface area contributed by atoms with Crippen molar-refractivity contribution >= 4 is 34.0 Å². The van der Waals surface area contributed by atoms with E-state index in [4.69, 9.17) is 16.6 Å². The number of carbonyl (C=O) groups is 1. The molecule has 0 aliphatic carbocycles. The Balaban J connectivity index is 1.30. The van der Waals surface area contributed by atoms with E-state index >= 15 is 0 Å². The first-order chi connectivity index (χ1) is 13.6. The first-order valence-electron chi connectivity index (χ1n) is 10.0. The average Bonchev–Trinajstić information content (AvgIpc) is 3.18. The van der Waals surface area contributed by atoms with Gasteiger partial charge in [-0.2, -0.15) is 0 Å². The van der Waals surface area contributed by atoms with Crippen LogP contribution >= 0.6 is 22.9 Å². The van der Waals surface area contributed by atoms with Gasteiger partial charge in [-0.25, -0.2) is 4.98 Å². The molecule has 0 N–H and O–H groups in total. The molecule has 2 aliphatic rings. The molecular weight excluding hydrogens is 392 g/mol. The molecule has 7 heteroatoms. The molecule has 3 heterocycles. The molecule has 0 atom stereocenters. The minimum Gasteiger partial charge on any atom is -0.345 e. The smallest absolute Gasteiger partial charge is 0.254 e. The quantitative estimate of drug-likeness (QED) is 0.752. The van der Waals surface area contributed by atoms with Gasteiger partial charge in [0.15, 0.2) is 5.13 Å². The molecule has 0 spiro atoms. The normalized spacial score (nSPS) is 19.2. The minimum absolute atomic E-state index is 0.0568. The van der Waals surface area contributed by atoms with E-state index in [1.165, 1.54) is 31.6 Å². The second-order valence-electron chi connectivity index (χ2n) is 7.87. The molecule has 0 unspecified atom stereocenters. The number of halogens is 1. The Morgan fingerprint density at radius 2 is 1.93 bits per heavy atom. The zero-order valence-corrected chi connectivity index (χ0v) is 17.9. The Hall–Kier alpha value is -1.63. The van der Waals surface area contributed by atoms with Gasteiger partial charge in [0.25, 0.3) is 5.91 Å². The molecule has 1 aromatic carbocycles. The molecule has 1 amide bonds. The highest BCUT2D eigenvalue weighted by Gasteiger charge is 2.24. The fraction of sp³-hybridized carbons (Fsp3) is 0.524. The summed E-state index contributed by atoms with van der Waals surface area (Å²) in [5, 5.41) is 3.87. The number of nitrogens with zero attached hydrogens (tertiary/aromatic N) is 4. The summed E-state index contributed by atoms with van der Waals surface area (Å²) in [5.41, 5.74) is 1.83. The molecule has 0 saturated carbocycles. The summed E-state index contributed by atoms with van der Waals surface area (Å²) in [6.45, 7) is 8.72. The van der Waals surface area contributed by atoms with Crippen molar-refractivity contribution in [2.45, 2.75) is 26.3 Å². The summed E-state index contributed by atoms with van der Waals surface area (Å²) in [6.07, 6.45) is 2.58. The van der Waals surface area contributed by atoms with Crippen molar-refractivity contribution in [2.75, 3.05) is 44.2 Å². The third kappa shape index (κ3) is 4.67. The van der Waals surface area contributed by atoms with Gasteiger partial charge >= 0.3 is 0 Å². The number of likely N-dealkylation sites (tertiary alicyclic amines) is 1. The maximum Gasteiger partial charge on any atom is 0.254 e. The summed E-state index contributed by atoms with van der Waals surface area (Å²) < 4.78 is 0. The number of benzene rings is 1. The fourth-order valence-corrected chi connectivity index (χ4v) is 4.93. The molecule has 2 aromatic rings. The molecule has 150 valence electrons. The lowest BCUT2D eigenvalue weighted by Crippen LogP contribution is -2.48. The fourth-order valence-electron chi connectivity index (χ4n) is 3.87. The zero-order chi connectivity index (χ0) is 19.5. The summed E-state index contributed by atoms with van der Waals surface area (Å²) in [7, 11) is 0. The number of piperidine rings is 1. The predicted octanol–water partition coefficient (Wildman–Crippen LogP) is 3.99. The Morgan fingerprint density at radius 1 is 1.18 bits per heavy atom. The first-order valence-corrected chi connectivity index (χ1v) is 11.3. The Morgan fingerprint density at radius 3 is 2.64 bits per heavy atom. The highest BCUT2D eigenvalue weighted by Crippen LogP contribution is 2.25. The summed E-state index contributed by atoms with van der Waals surface area (Å²) in [6, 6.07) is 7.19. The lowest BCUT2D eigenvalue weighted by atomic mass is 9.99. The molecule has 28 heavy (non-hydrogen) atoms. The SMILES string of the molecule is CC1CCN(Cc2csc(N3CCN(C(=O)c4cccc(Cl)c4)CC3)n2)CC1. The average molecular weight is 419 g/mol. The van der Waals surface area contributed by atoms with Crippen LogP contribution < -0.4 is 4.90 Å². The van der Waals surface area contributed by atoms with E-state index in [0.717, 1.165) is 30.7 Å². The number of anilines is 1. The highest BCUT2D eigenvalue weighted by atomic mass is 35.5. The van der Waals surface area contributed by atoms with Gasteiger partial charge in [-0.05, 0) is 50.0 Å². The van der Waals surface area contributed by atoms with Crippen LogP contribution in [-0.4, -0.2) is 60.0 Å². The number of rotatable bonds is 4. The molecule has 0 bridgehead atoms. The molecule has 2 fully saturated rings. The number of thiazole rings is 1. The van der Waals surface area contributed by atoms with Crippen molar-refractivity contribution < 1.29 is 4.79 Å². The third-order valence-corrected chi connectivity index (χ3v) is 6.90. The van der Waals surface area contributed by atoms with Crippen molar-refractivity contribution in [2.24, 2.45) is 5.92 Å². The lowest BCUT2D eigenvalue weighted by molar-refractivity contribution is 0.0746. The third-order valence-electron chi connectivity index (χ3n) is 5.71. The highest BCUT2D eigenvalue weighted by molar-refractivity contribution is 7.13. The van der Waals surface area contributed by atoms with E-state index < -0.39 is 0 Å². The van der Waals surface area contributed by atoms with Crippen LogP contribution in [0, 0.1) is 5.92 Å². The van der Waals surface area contributed by atoms with E-state index in [1.807, 2.05) is 17.0 Å². The van der Waals surface area contributed by atoms with E-state index in [0.29, 0.717) is 23.7 Å². The van der Waals surface area contributed by atoms with E-state index in [1.54, 1.807) is 23.5 Å². The maximum absolute atomic E-state index is 12.7. The second-order valence-corrected chi connectivity index (χ2v) is 9.14. The molecule has 5 nitrogen and oxygen atoms in total. The van der Waals surface area contributed by atoms with E-state index in [2.05, 4.69) is 22.1 Å². The maximum atomic E-state index is 12.7. The Kier molecular flexibility index (Phi) is 6.19. The van der Waals surface area contributed by atoms with Crippen LogP contribution in [0.2, 0.25) is 5.02 Å². The number of hydrogen-bond donors (Lipinski definition) is 0. The lowest BCUT2D eigenvalue weighted by Gasteiger charge is -2.34. The summed E-state index contributed by atoms with van der Waals surface area (Å²) in [4.78, 5) is 24.3. The monoisotopic (exact) mass is 418 g/mol. The van der Waals surface area contributed by atoms with Crippen LogP contribution in [0.15, 0.2) is 29.6 Å². The van der Waals surface area contributed by atoms with Crippen LogP contribution in [0.1, 0.15) is 35.8 Å².